The van der Waals surface area contributed by atoms with Gasteiger partial charge >= 0.3 is 39.5 Å². The molecule has 0 spiro atoms. The Morgan fingerprint density at radius 1 is 0.248 bits per heavy atom. The highest BCUT2D eigenvalue weighted by atomic mass is 31.2. The van der Waals surface area contributed by atoms with Crippen LogP contribution in [0.4, 0.5) is 0 Å². The number of phosphoric acid groups is 2. The Morgan fingerprint density at radius 2 is 0.422 bits per heavy atom. The van der Waals surface area contributed by atoms with E-state index in [4.69, 9.17) is 37.0 Å². The zero-order valence-corrected chi connectivity index (χ0v) is 73.5. The molecule has 648 valence electrons. The Kier molecular flexibility index (Phi) is 81.1. The van der Waals surface area contributed by atoms with E-state index < -0.39 is 97.5 Å². The molecule has 0 bridgehead atoms. The van der Waals surface area contributed by atoms with Crippen LogP contribution in [0.1, 0.15) is 490 Å². The first kappa shape index (κ1) is 107. The maximum absolute atomic E-state index is 13.2. The van der Waals surface area contributed by atoms with Gasteiger partial charge in [-0.1, -0.05) is 439 Å². The first-order valence-corrected chi connectivity index (χ1v) is 49.6. The summed E-state index contributed by atoms with van der Waals surface area (Å²) in [5, 5.41) is 10.7. The van der Waals surface area contributed by atoms with Crippen LogP contribution in [0.15, 0.2) is 0 Å². The van der Waals surface area contributed by atoms with E-state index in [2.05, 4.69) is 34.6 Å². The summed E-state index contributed by atoms with van der Waals surface area (Å²) in [5.41, 5.74) is 0. The van der Waals surface area contributed by atoms with Crippen molar-refractivity contribution >= 4 is 39.5 Å². The van der Waals surface area contributed by atoms with E-state index in [0.29, 0.717) is 25.7 Å². The number of ether oxygens (including phenoxy) is 4. The van der Waals surface area contributed by atoms with Gasteiger partial charge in [0.25, 0.3) is 0 Å². The summed E-state index contributed by atoms with van der Waals surface area (Å²) >= 11 is 0. The van der Waals surface area contributed by atoms with Crippen LogP contribution < -0.4 is 0 Å². The van der Waals surface area contributed by atoms with Gasteiger partial charge in [0, 0.05) is 25.7 Å². The molecule has 19 heteroatoms. The molecule has 0 aromatic carbocycles. The molecule has 0 fully saturated rings. The molecule has 109 heavy (non-hydrogen) atoms. The van der Waals surface area contributed by atoms with Crippen LogP contribution in [0.3, 0.4) is 0 Å². The molecule has 0 aliphatic rings. The molecule has 0 amide bonds. The average Bonchev–Trinajstić information content (AvgIpc) is 0.899. The fourth-order valence-electron chi connectivity index (χ4n) is 14.2. The molecule has 0 aromatic rings. The minimum absolute atomic E-state index is 0.109. The van der Waals surface area contributed by atoms with Crippen LogP contribution in [0.25, 0.3) is 0 Å². The fourth-order valence-corrected chi connectivity index (χ4v) is 15.8. The zero-order chi connectivity index (χ0) is 79.7. The first-order valence-electron chi connectivity index (χ1n) is 46.6. The predicted molar refractivity (Wildman–Crippen MR) is 451 cm³/mol. The minimum Gasteiger partial charge on any atom is -0.462 e. The summed E-state index contributed by atoms with van der Waals surface area (Å²) < 4.78 is 68.9. The van der Waals surface area contributed by atoms with Gasteiger partial charge in [-0.2, -0.15) is 0 Å². The van der Waals surface area contributed by atoms with Crippen molar-refractivity contribution < 1.29 is 80.2 Å². The normalized spacial score (nSPS) is 13.7. The molecule has 0 aliphatic heterocycles. The Bertz CT molecular complexity index is 2070. The molecule has 2 unspecified atom stereocenters. The van der Waals surface area contributed by atoms with E-state index in [1.54, 1.807) is 0 Å². The Morgan fingerprint density at radius 3 is 0.624 bits per heavy atom. The largest absolute Gasteiger partial charge is 0.472 e. The predicted octanol–water partition coefficient (Wildman–Crippen LogP) is 27.9. The molecule has 0 rings (SSSR count). The maximum Gasteiger partial charge on any atom is 0.472 e. The number of carbonyl (C=O) groups excluding carboxylic acids is 4. The van der Waals surface area contributed by atoms with E-state index in [1.165, 1.54) is 315 Å². The van der Waals surface area contributed by atoms with Crippen LogP contribution in [0.5, 0.6) is 0 Å². The van der Waals surface area contributed by atoms with E-state index in [-0.39, 0.29) is 25.7 Å². The van der Waals surface area contributed by atoms with Crippen molar-refractivity contribution in [2.45, 2.75) is 509 Å². The van der Waals surface area contributed by atoms with Gasteiger partial charge in [-0.05, 0) is 31.6 Å². The summed E-state index contributed by atoms with van der Waals surface area (Å²) in [6.45, 7) is 7.39. The summed E-state index contributed by atoms with van der Waals surface area (Å²) in [4.78, 5) is 73.2. The number of hydrogen-bond acceptors (Lipinski definition) is 15. The highest BCUT2D eigenvalue weighted by Gasteiger charge is 2.31. The van der Waals surface area contributed by atoms with Gasteiger partial charge < -0.3 is 33.8 Å². The van der Waals surface area contributed by atoms with Crippen molar-refractivity contribution in [3.8, 4) is 0 Å². The van der Waals surface area contributed by atoms with Crippen molar-refractivity contribution in [3.63, 3.8) is 0 Å². The molecule has 5 atom stereocenters. The van der Waals surface area contributed by atoms with Crippen LogP contribution in [0, 0.1) is 5.92 Å². The average molecular weight is 1590 g/mol. The zero-order valence-electron chi connectivity index (χ0n) is 71.7. The number of hydrogen-bond donors (Lipinski definition) is 3. The van der Waals surface area contributed by atoms with Crippen molar-refractivity contribution in [2.24, 2.45) is 5.92 Å². The van der Waals surface area contributed by atoms with Gasteiger partial charge in [0.2, 0.25) is 0 Å². The Balaban J connectivity index is 5.17. The molecule has 0 saturated heterocycles. The molecule has 0 aromatic heterocycles. The number of aliphatic hydroxyl groups excluding tert-OH is 1. The standard InChI is InChI=1S/C90H176O17P2/c1-6-9-12-15-18-21-23-25-27-29-31-32-34-38-42-46-50-54-59-64-69-74-88(93)101-80-86(107-90(95)76-71-66-61-56-52-48-44-40-36-35-37-41-45-49-53-57-62-67-72-83(4)5)82-105-109(98,99)103-78-84(91)77-102-108(96,97)104-81-85(79-100-87(92)73-68-63-58-20-17-14-11-8-3)106-89(94)75-70-65-60-55-51-47-43-39-33-30-28-26-24-22-19-16-13-10-7-2/h83-86,91H,6-82H2,1-5H3,(H,96,97)(H,98,99)/t84-,85+,86+/m0/s1. The Labute approximate surface area is 670 Å². The number of carbonyl (C=O) groups is 4. The topological polar surface area (TPSA) is 237 Å². The number of aliphatic hydroxyl groups is 1. The number of rotatable bonds is 90. The molecular weight excluding hydrogens is 1410 g/mol. The van der Waals surface area contributed by atoms with E-state index >= 15 is 0 Å². The fraction of sp³-hybridized carbons (Fsp3) is 0.956. The van der Waals surface area contributed by atoms with Gasteiger partial charge in [0.1, 0.15) is 19.3 Å². The maximum atomic E-state index is 13.2. The molecule has 17 nitrogen and oxygen atoms in total. The van der Waals surface area contributed by atoms with Gasteiger partial charge in [-0.3, -0.25) is 37.3 Å². The van der Waals surface area contributed by atoms with Crippen LogP contribution >= 0.6 is 15.6 Å². The highest BCUT2D eigenvalue weighted by Crippen LogP contribution is 2.45. The minimum atomic E-state index is -4.97. The SMILES string of the molecule is CCCCCCCCCCCCCCCCCCCCCCCC(=O)OC[C@H](COP(=O)(O)OC[C@@H](O)COP(=O)(O)OC[C@@H](COC(=O)CCCCCCCCCC)OC(=O)CCCCCCCCCCCCCCCCCCCCC)OC(=O)CCCCCCCCCCCCCCCCCCCCC(C)C. The highest BCUT2D eigenvalue weighted by molar-refractivity contribution is 7.47. The third kappa shape index (κ3) is 83.8. The number of esters is 4. The molecule has 0 aliphatic carbocycles. The Hall–Kier alpha value is -1.94. The van der Waals surface area contributed by atoms with E-state index in [0.717, 1.165) is 95.8 Å². The second-order valence-corrected chi connectivity index (χ2v) is 35.7. The van der Waals surface area contributed by atoms with Gasteiger partial charge in [-0.25, -0.2) is 9.13 Å². The quantitative estimate of drug-likeness (QED) is 0.0222. The lowest BCUT2D eigenvalue weighted by Gasteiger charge is -2.21. The van der Waals surface area contributed by atoms with Crippen molar-refractivity contribution in [1.82, 2.24) is 0 Å². The summed E-state index contributed by atoms with van der Waals surface area (Å²) in [6.07, 6.45) is 78.1. The van der Waals surface area contributed by atoms with Gasteiger partial charge in [0.05, 0.1) is 26.4 Å². The third-order valence-electron chi connectivity index (χ3n) is 21.3. The molecular formula is C90H176O17P2. The number of phosphoric ester groups is 2. The second-order valence-electron chi connectivity index (χ2n) is 32.8. The molecule has 3 N–H and O–H groups in total. The smallest absolute Gasteiger partial charge is 0.462 e. The lowest BCUT2D eigenvalue weighted by atomic mass is 10.0. The molecule has 0 saturated carbocycles. The van der Waals surface area contributed by atoms with Crippen molar-refractivity contribution in [1.29, 1.82) is 0 Å². The molecule has 0 heterocycles. The summed E-state index contributed by atoms with van der Waals surface area (Å²) in [6, 6.07) is 0. The van der Waals surface area contributed by atoms with Gasteiger partial charge in [-0.15, -0.1) is 0 Å². The summed E-state index contributed by atoms with van der Waals surface area (Å²) in [7, 11) is -9.93. The molecule has 0 radical (unpaired) electrons. The first-order chi connectivity index (χ1) is 53.0. The summed E-state index contributed by atoms with van der Waals surface area (Å²) in [5.74, 6) is -1.28. The number of unbranched alkanes of at least 4 members (excludes halogenated alkanes) is 62. The lowest BCUT2D eigenvalue weighted by Crippen LogP contribution is -2.30. The van der Waals surface area contributed by atoms with Crippen LogP contribution in [0.2, 0.25) is 0 Å². The van der Waals surface area contributed by atoms with Crippen molar-refractivity contribution in [2.75, 3.05) is 39.6 Å². The van der Waals surface area contributed by atoms with E-state index in [9.17, 15) is 43.2 Å². The van der Waals surface area contributed by atoms with Gasteiger partial charge in [0.15, 0.2) is 12.2 Å². The van der Waals surface area contributed by atoms with E-state index in [1.807, 2.05) is 0 Å². The van der Waals surface area contributed by atoms with Crippen LogP contribution in [-0.4, -0.2) is 96.7 Å². The second kappa shape index (κ2) is 82.6. The van der Waals surface area contributed by atoms with Crippen molar-refractivity contribution in [3.05, 3.63) is 0 Å². The third-order valence-corrected chi connectivity index (χ3v) is 23.2. The lowest BCUT2D eigenvalue weighted by molar-refractivity contribution is -0.161. The monoisotopic (exact) mass is 1590 g/mol. The van der Waals surface area contributed by atoms with Crippen LogP contribution in [-0.2, 0) is 65.4 Å².